The first-order chi connectivity index (χ1) is 10.8. The molecule has 0 heterocycles. The third kappa shape index (κ3) is 3.42. The summed E-state index contributed by atoms with van der Waals surface area (Å²) < 4.78 is 23.3. The van der Waals surface area contributed by atoms with Crippen molar-refractivity contribution in [2.75, 3.05) is 0 Å². The lowest BCUT2D eigenvalue weighted by Gasteiger charge is -2.35. The Balaban J connectivity index is 2.70. The second-order valence-corrected chi connectivity index (χ2v) is 9.93. The van der Waals surface area contributed by atoms with E-state index in [0.29, 0.717) is 5.02 Å². The van der Waals surface area contributed by atoms with Crippen LogP contribution in [0.3, 0.4) is 0 Å². The van der Waals surface area contributed by atoms with E-state index >= 15 is 0 Å². The standard InChI is InChI=1S/C12H4Cl7NO3S/c13-5-1-3-6(4-2-5)24(22,23)20-9-7(14)8(15)10(21)12(18,19)11(9,16)17/h1-4H. The van der Waals surface area contributed by atoms with Crippen LogP contribution in [0.5, 0.6) is 0 Å². The van der Waals surface area contributed by atoms with Gasteiger partial charge in [-0.1, -0.05) is 81.2 Å². The number of rotatable bonds is 2. The van der Waals surface area contributed by atoms with Gasteiger partial charge in [0, 0.05) is 5.02 Å². The van der Waals surface area contributed by atoms with Crippen molar-refractivity contribution in [1.82, 2.24) is 0 Å². The number of hydrogen-bond donors (Lipinski definition) is 0. The molecular formula is C12H4Cl7NO3S. The molecule has 0 saturated heterocycles. The third-order valence-electron chi connectivity index (χ3n) is 2.90. The van der Waals surface area contributed by atoms with Crippen LogP contribution < -0.4 is 0 Å². The topological polar surface area (TPSA) is 63.6 Å². The summed E-state index contributed by atoms with van der Waals surface area (Å²) in [6.45, 7) is 0. The summed E-state index contributed by atoms with van der Waals surface area (Å²) in [5.41, 5.74) is -0.669. The average molecular weight is 490 g/mol. The summed E-state index contributed by atoms with van der Waals surface area (Å²) in [6.07, 6.45) is 0. The van der Waals surface area contributed by atoms with Gasteiger partial charge in [0.05, 0.1) is 9.93 Å². The Bertz CT molecular complexity index is 872. The van der Waals surface area contributed by atoms with E-state index in [9.17, 15) is 13.2 Å². The molecule has 130 valence electrons. The molecule has 24 heavy (non-hydrogen) atoms. The number of benzene rings is 1. The van der Waals surface area contributed by atoms with Gasteiger partial charge in [0.25, 0.3) is 10.0 Å². The molecule has 0 saturated carbocycles. The second-order valence-electron chi connectivity index (χ2n) is 4.47. The summed E-state index contributed by atoms with van der Waals surface area (Å²) in [6, 6.07) is 5.08. The Morgan fingerprint density at radius 1 is 0.833 bits per heavy atom. The molecule has 1 aromatic carbocycles. The van der Waals surface area contributed by atoms with Crippen LogP contribution in [0.4, 0.5) is 0 Å². The molecule has 0 N–H and O–H groups in total. The number of carbonyl (C=O) groups excluding carboxylic acids is 1. The van der Waals surface area contributed by atoms with E-state index in [-0.39, 0.29) is 4.90 Å². The molecule has 0 aliphatic heterocycles. The van der Waals surface area contributed by atoms with Gasteiger partial charge in [-0.25, -0.2) is 0 Å². The van der Waals surface area contributed by atoms with Gasteiger partial charge < -0.3 is 0 Å². The van der Waals surface area contributed by atoms with Crippen LogP contribution in [-0.4, -0.2) is 28.6 Å². The van der Waals surface area contributed by atoms with Crippen LogP contribution in [0, 0.1) is 0 Å². The van der Waals surface area contributed by atoms with Crippen molar-refractivity contribution in [2.24, 2.45) is 4.40 Å². The lowest BCUT2D eigenvalue weighted by atomic mass is 10.0. The highest BCUT2D eigenvalue weighted by Crippen LogP contribution is 2.52. The third-order valence-corrected chi connectivity index (χ3v) is 7.49. The van der Waals surface area contributed by atoms with E-state index in [0.717, 1.165) is 0 Å². The van der Waals surface area contributed by atoms with Crippen LogP contribution in [0.15, 0.2) is 43.6 Å². The first kappa shape index (κ1) is 20.6. The second kappa shape index (κ2) is 6.78. The number of halogens is 7. The Morgan fingerprint density at radius 2 is 1.33 bits per heavy atom. The molecule has 12 heteroatoms. The van der Waals surface area contributed by atoms with E-state index in [1.165, 1.54) is 24.3 Å². The first-order valence-electron chi connectivity index (χ1n) is 5.79. The average Bonchev–Trinajstić information content (AvgIpc) is 2.49. The number of allylic oxidation sites excluding steroid dienone is 2. The van der Waals surface area contributed by atoms with Crippen molar-refractivity contribution in [3.05, 3.63) is 39.4 Å². The molecule has 0 unspecified atom stereocenters. The number of carbonyl (C=O) groups is 1. The molecular weight excluding hydrogens is 486 g/mol. The van der Waals surface area contributed by atoms with Crippen LogP contribution in [0.2, 0.25) is 5.02 Å². The first-order valence-corrected chi connectivity index (χ1v) is 9.88. The lowest BCUT2D eigenvalue weighted by Crippen LogP contribution is -2.53. The van der Waals surface area contributed by atoms with Crippen molar-refractivity contribution in [2.45, 2.75) is 13.6 Å². The largest absolute Gasteiger partial charge is 0.290 e. The number of nitrogens with zero attached hydrogens (tertiary/aromatic N) is 1. The molecule has 1 aliphatic rings. The molecule has 1 aromatic rings. The maximum absolute atomic E-state index is 12.4. The fraction of sp³-hybridized carbons (Fsp3) is 0.167. The van der Waals surface area contributed by atoms with Gasteiger partial charge in [0.1, 0.15) is 10.7 Å². The fourth-order valence-electron chi connectivity index (χ4n) is 1.65. The smallest absolute Gasteiger partial charge is 0.282 e. The molecule has 0 amide bonds. The van der Waals surface area contributed by atoms with E-state index in [4.69, 9.17) is 81.2 Å². The quantitative estimate of drug-likeness (QED) is 0.543. The van der Waals surface area contributed by atoms with Crippen LogP contribution in [-0.2, 0) is 14.8 Å². The molecule has 0 bridgehead atoms. The van der Waals surface area contributed by atoms with E-state index in [2.05, 4.69) is 4.40 Å². The minimum Gasteiger partial charge on any atom is -0.290 e. The molecule has 4 nitrogen and oxygen atoms in total. The highest BCUT2D eigenvalue weighted by molar-refractivity contribution is 7.90. The number of Topliss-reactive ketones (excluding diaryl/α,β-unsaturated/α-hetero) is 1. The number of ketones is 1. The molecule has 1 aliphatic carbocycles. The molecule has 0 radical (unpaired) electrons. The summed E-state index contributed by atoms with van der Waals surface area (Å²) in [4.78, 5) is 11.7. The van der Waals surface area contributed by atoms with Crippen LogP contribution in [0.25, 0.3) is 0 Å². The Kier molecular flexibility index (Phi) is 5.82. The van der Waals surface area contributed by atoms with Crippen molar-refractivity contribution < 1.29 is 13.2 Å². The van der Waals surface area contributed by atoms with Gasteiger partial charge >= 0.3 is 0 Å². The van der Waals surface area contributed by atoms with E-state index < -0.39 is 40.2 Å². The zero-order chi connectivity index (χ0) is 18.5. The minimum absolute atomic E-state index is 0.226. The van der Waals surface area contributed by atoms with Gasteiger partial charge in [-0.3, -0.25) is 4.79 Å². The van der Waals surface area contributed by atoms with Crippen LogP contribution >= 0.6 is 81.2 Å². The lowest BCUT2D eigenvalue weighted by molar-refractivity contribution is -0.115. The van der Waals surface area contributed by atoms with Crippen molar-refractivity contribution in [3.63, 3.8) is 0 Å². The minimum atomic E-state index is -4.32. The molecule has 0 atom stereocenters. The number of sulfonamides is 1. The highest BCUT2D eigenvalue weighted by atomic mass is 35.5. The van der Waals surface area contributed by atoms with Gasteiger partial charge in [0.2, 0.25) is 14.4 Å². The maximum atomic E-state index is 12.4. The monoisotopic (exact) mass is 487 g/mol. The normalized spacial score (nSPS) is 22.1. The van der Waals surface area contributed by atoms with Crippen molar-refractivity contribution in [1.29, 1.82) is 0 Å². The Hall–Kier alpha value is 0.280. The van der Waals surface area contributed by atoms with Crippen LogP contribution in [0.1, 0.15) is 0 Å². The number of hydrogen-bond acceptors (Lipinski definition) is 3. The highest BCUT2D eigenvalue weighted by Gasteiger charge is 2.61. The summed E-state index contributed by atoms with van der Waals surface area (Å²) in [5, 5.41) is -0.889. The molecule has 0 fully saturated rings. The Labute approximate surface area is 172 Å². The predicted octanol–water partition coefficient (Wildman–Crippen LogP) is 5.09. The molecule has 0 spiro atoms. The molecule has 0 aromatic heterocycles. The van der Waals surface area contributed by atoms with Gasteiger partial charge in [-0.05, 0) is 24.3 Å². The van der Waals surface area contributed by atoms with Gasteiger partial charge in [0.15, 0.2) is 0 Å². The van der Waals surface area contributed by atoms with E-state index in [1.54, 1.807) is 0 Å². The summed E-state index contributed by atoms with van der Waals surface area (Å²) in [5.74, 6) is -1.08. The van der Waals surface area contributed by atoms with Gasteiger partial charge in [-0.2, -0.15) is 12.8 Å². The van der Waals surface area contributed by atoms with Crippen molar-refractivity contribution >= 4 is 103 Å². The zero-order valence-corrected chi connectivity index (χ0v) is 17.1. The molecule has 2 rings (SSSR count). The fourth-order valence-corrected chi connectivity index (χ4v) is 4.49. The zero-order valence-electron chi connectivity index (χ0n) is 11.0. The summed E-state index contributed by atoms with van der Waals surface area (Å²) >= 11 is 41.0. The Morgan fingerprint density at radius 3 is 1.83 bits per heavy atom. The predicted molar refractivity (Wildman–Crippen MR) is 98.7 cm³/mol. The summed E-state index contributed by atoms with van der Waals surface area (Å²) in [7, 11) is -4.32. The van der Waals surface area contributed by atoms with E-state index in [1.807, 2.05) is 0 Å². The number of alkyl halides is 4. The SMILES string of the molecule is O=C1C(Cl)=C(Cl)C(=NS(=O)(=O)c2ccc(Cl)cc2)C(Cl)(Cl)C1(Cl)Cl. The van der Waals surface area contributed by atoms with Gasteiger partial charge in [-0.15, -0.1) is 0 Å². The van der Waals surface area contributed by atoms with Crippen molar-refractivity contribution in [3.8, 4) is 0 Å². The maximum Gasteiger partial charge on any atom is 0.282 e.